The number of para-hydroxylation sites is 1. The number of rotatable bonds is 3. The van der Waals surface area contributed by atoms with Gasteiger partial charge in [-0.2, -0.15) is 18.3 Å². The van der Waals surface area contributed by atoms with Crippen LogP contribution in [0.4, 0.5) is 23.2 Å². The largest absolute Gasteiger partial charge is 0.419 e. The van der Waals surface area contributed by atoms with Crippen LogP contribution >= 0.6 is 0 Å². The van der Waals surface area contributed by atoms with Gasteiger partial charge >= 0.3 is 6.18 Å². The molecule has 20 heavy (non-hydrogen) atoms. The van der Waals surface area contributed by atoms with Gasteiger partial charge in [0.05, 0.1) is 17.5 Å². The quantitative estimate of drug-likeness (QED) is 0.507. The lowest BCUT2D eigenvalue weighted by Crippen LogP contribution is -2.08. The van der Waals surface area contributed by atoms with Gasteiger partial charge in [0.15, 0.2) is 0 Å². The normalized spacial score (nSPS) is 11.8. The van der Waals surface area contributed by atoms with Crippen molar-refractivity contribution < 1.29 is 17.6 Å². The van der Waals surface area contributed by atoms with Crippen molar-refractivity contribution in [3.8, 4) is 0 Å². The zero-order chi connectivity index (χ0) is 14.6. The predicted molar refractivity (Wildman–Crippen MR) is 69.1 cm³/mol. The molecule has 0 aromatic heterocycles. The monoisotopic (exact) mass is 282 g/mol. The molecule has 0 bridgehead atoms. The van der Waals surface area contributed by atoms with E-state index in [1.54, 1.807) is 24.3 Å². The van der Waals surface area contributed by atoms with Crippen LogP contribution in [0.5, 0.6) is 0 Å². The van der Waals surface area contributed by atoms with Crippen molar-refractivity contribution in [3.63, 3.8) is 0 Å². The fraction of sp³-hybridized carbons (Fsp3) is 0.0714. The summed E-state index contributed by atoms with van der Waals surface area (Å²) in [4.78, 5) is 0. The summed E-state index contributed by atoms with van der Waals surface area (Å²) in [6.07, 6.45) is -3.53. The highest BCUT2D eigenvalue weighted by molar-refractivity contribution is 5.80. The van der Waals surface area contributed by atoms with E-state index in [4.69, 9.17) is 0 Å². The number of hydrogen-bond acceptors (Lipinski definition) is 2. The molecule has 0 saturated carbocycles. The highest BCUT2D eigenvalue weighted by Gasteiger charge is 2.34. The molecule has 2 rings (SSSR count). The van der Waals surface area contributed by atoms with E-state index in [1.165, 1.54) is 12.3 Å². The van der Waals surface area contributed by atoms with Crippen molar-refractivity contribution in [2.75, 3.05) is 5.43 Å². The molecule has 0 saturated heterocycles. The first-order chi connectivity index (χ1) is 9.47. The molecule has 0 aliphatic heterocycles. The van der Waals surface area contributed by atoms with Crippen LogP contribution in [0, 0.1) is 5.82 Å². The molecule has 2 nitrogen and oxygen atoms in total. The molecule has 0 atom stereocenters. The minimum absolute atomic E-state index is 0.155. The summed E-state index contributed by atoms with van der Waals surface area (Å²) in [7, 11) is 0. The summed E-state index contributed by atoms with van der Waals surface area (Å²) < 4.78 is 50.6. The van der Waals surface area contributed by atoms with Crippen LogP contribution in [0.1, 0.15) is 11.1 Å². The topological polar surface area (TPSA) is 24.4 Å². The molecule has 104 valence electrons. The van der Waals surface area contributed by atoms with Gasteiger partial charge in [-0.1, -0.05) is 24.3 Å². The fourth-order valence-corrected chi connectivity index (χ4v) is 1.53. The van der Waals surface area contributed by atoms with Gasteiger partial charge in [0.2, 0.25) is 0 Å². The van der Waals surface area contributed by atoms with Gasteiger partial charge in [0.25, 0.3) is 0 Å². The van der Waals surface area contributed by atoms with Crippen LogP contribution in [0.2, 0.25) is 0 Å². The van der Waals surface area contributed by atoms with Gasteiger partial charge in [-0.15, -0.1) is 0 Å². The van der Waals surface area contributed by atoms with Crippen LogP contribution < -0.4 is 5.43 Å². The van der Waals surface area contributed by atoms with Crippen LogP contribution in [-0.2, 0) is 6.18 Å². The lowest BCUT2D eigenvalue weighted by atomic mass is 10.1. The van der Waals surface area contributed by atoms with E-state index >= 15 is 0 Å². The second-order valence-corrected chi connectivity index (χ2v) is 3.97. The van der Waals surface area contributed by atoms with Gasteiger partial charge in [-0.3, -0.25) is 5.43 Å². The Bertz CT molecular complexity index is 606. The molecule has 2 aromatic rings. The van der Waals surface area contributed by atoms with E-state index in [0.717, 1.165) is 6.07 Å². The molecule has 0 spiro atoms. The number of benzene rings is 2. The zero-order valence-electron chi connectivity index (χ0n) is 10.2. The average Bonchev–Trinajstić information content (AvgIpc) is 2.40. The van der Waals surface area contributed by atoms with Gasteiger partial charge < -0.3 is 0 Å². The Morgan fingerprint density at radius 1 is 1.00 bits per heavy atom. The standard InChI is InChI=1S/C14H10F4N2/c15-13-7-6-10(8-12(13)14(16,17)18)9-19-20-11-4-2-1-3-5-11/h1-9,20H. The van der Waals surface area contributed by atoms with Crippen LogP contribution in [0.25, 0.3) is 0 Å². The number of nitrogens with one attached hydrogen (secondary N) is 1. The van der Waals surface area contributed by atoms with Crippen molar-refractivity contribution in [2.45, 2.75) is 6.18 Å². The minimum Gasteiger partial charge on any atom is -0.279 e. The minimum atomic E-state index is -4.72. The SMILES string of the molecule is Fc1ccc(C=NNc2ccccc2)cc1C(F)(F)F. The van der Waals surface area contributed by atoms with E-state index in [9.17, 15) is 17.6 Å². The number of hydrazone groups is 1. The number of hydrogen-bond donors (Lipinski definition) is 1. The van der Waals surface area contributed by atoms with Crippen LogP contribution in [-0.4, -0.2) is 6.21 Å². The molecule has 0 aliphatic carbocycles. The summed E-state index contributed by atoms with van der Waals surface area (Å²) in [6.45, 7) is 0. The van der Waals surface area contributed by atoms with Gasteiger partial charge in [0.1, 0.15) is 5.82 Å². The maximum Gasteiger partial charge on any atom is 0.419 e. The second kappa shape index (κ2) is 5.73. The molecule has 0 heterocycles. The van der Waals surface area contributed by atoms with E-state index in [1.807, 2.05) is 6.07 Å². The maximum absolute atomic E-state index is 13.1. The Morgan fingerprint density at radius 2 is 1.70 bits per heavy atom. The summed E-state index contributed by atoms with van der Waals surface area (Å²) in [5.74, 6) is -1.30. The zero-order valence-corrected chi connectivity index (χ0v) is 10.2. The third kappa shape index (κ3) is 3.57. The summed E-state index contributed by atoms with van der Waals surface area (Å²) >= 11 is 0. The Balaban J connectivity index is 2.14. The first-order valence-corrected chi connectivity index (χ1v) is 5.68. The third-order valence-corrected chi connectivity index (χ3v) is 2.48. The van der Waals surface area contributed by atoms with Crippen molar-refractivity contribution in [1.82, 2.24) is 0 Å². The van der Waals surface area contributed by atoms with E-state index in [0.29, 0.717) is 11.8 Å². The molecule has 0 amide bonds. The molecule has 1 N–H and O–H groups in total. The molecule has 6 heteroatoms. The van der Waals surface area contributed by atoms with Gasteiger partial charge in [0, 0.05) is 0 Å². The third-order valence-electron chi connectivity index (χ3n) is 2.48. The smallest absolute Gasteiger partial charge is 0.279 e. The lowest BCUT2D eigenvalue weighted by molar-refractivity contribution is -0.140. The molecule has 0 fully saturated rings. The van der Waals surface area contributed by atoms with E-state index in [2.05, 4.69) is 10.5 Å². The van der Waals surface area contributed by atoms with E-state index < -0.39 is 17.6 Å². The Hall–Kier alpha value is -2.37. The predicted octanol–water partition coefficient (Wildman–Crippen LogP) is 4.29. The number of halogens is 4. The molecule has 2 aromatic carbocycles. The first kappa shape index (κ1) is 14.0. The summed E-state index contributed by atoms with van der Waals surface area (Å²) in [6, 6.07) is 11.6. The fourth-order valence-electron chi connectivity index (χ4n) is 1.53. The van der Waals surface area contributed by atoms with Crippen molar-refractivity contribution in [3.05, 3.63) is 65.5 Å². The van der Waals surface area contributed by atoms with Crippen molar-refractivity contribution in [1.29, 1.82) is 0 Å². The highest BCUT2D eigenvalue weighted by Crippen LogP contribution is 2.31. The average molecular weight is 282 g/mol. The van der Waals surface area contributed by atoms with Crippen molar-refractivity contribution in [2.24, 2.45) is 5.10 Å². The van der Waals surface area contributed by atoms with Crippen molar-refractivity contribution >= 4 is 11.9 Å². The number of nitrogens with zero attached hydrogens (tertiary/aromatic N) is 1. The second-order valence-electron chi connectivity index (χ2n) is 3.97. The Kier molecular flexibility index (Phi) is 4.02. The van der Waals surface area contributed by atoms with Crippen LogP contribution in [0.3, 0.4) is 0 Å². The number of anilines is 1. The molecule has 0 unspecified atom stereocenters. The molecule has 0 aliphatic rings. The van der Waals surface area contributed by atoms with Gasteiger partial charge in [-0.05, 0) is 29.8 Å². The maximum atomic E-state index is 13.1. The van der Waals surface area contributed by atoms with Gasteiger partial charge in [-0.25, -0.2) is 4.39 Å². The summed E-state index contributed by atoms with van der Waals surface area (Å²) in [5.41, 5.74) is 2.21. The lowest BCUT2D eigenvalue weighted by Gasteiger charge is -2.08. The molecular weight excluding hydrogens is 272 g/mol. The Morgan fingerprint density at radius 3 is 2.35 bits per heavy atom. The number of alkyl halides is 3. The Labute approximate surface area is 112 Å². The molecule has 0 radical (unpaired) electrons. The first-order valence-electron chi connectivity index (χ1n) is 5.68. The molecular formula is C14H10F4N2. The van der Waals surface area contributed by atoms with E-state index in [-0.39, 0.29) is 5.56 Å². The summed E-state index contributed by atoms with van der Waals surface area (Å²) in [5, 5.41) is 3.80. The van der Waals surface area contributed by atoms with Crippen LogP contribution in [0.15, 0.2) is 53.6 Å². The highest BCUT2D eigenvalue weighted by atomic mass is 19.4.